The number of nitrogens with zero attached hydrogens (tertiary/aromatic N) is 1. The molecule has 0 atom stereocenters. The molecule has 0 saturated heterocycles. The van der Waals surface area contributed by atoms with Gasteiger partial charge >= 0.3 is 5.97 Å². The number of hydrogen-bond acceptors (Lipinski definition) is 7. The Morgan fingerprint density at radius 1 is 0.744 bits per heavy atom. The third kappa shape index (κ3) is 9.96. The molecular weight excluding hydrogens is 498 g/mol. The van der Waals surface area contributed by atoms with E-state index in [-0.39, 0.29) is 12.5 Å². The first-order valence-corrected chi connectivity index (χ1v) is 12.9. The van der Waals surface area contributed by atoms with Crippen LogP contribution in [0.15, 0.2) is 77.9 Å². The summed E-state index contributed by atoms with van der Waals surface area (Å²) in [6.07, 6.45) is 4.36. The number of rotatable bonds is 14. The van der Waals surface area contributed by atoms with Crippen LogP contribution in [-0.4, -0.2) is 43.8 Å². The highest BCUT2D eigenvalue weighted by atomic mass is 16.5. The van der Waals surface area contributed by atoms with Crippen molar-refractivity contribution < 1.29 is 28.6 Å². The van der Waals surface area contributed by atoms with Crippen LogP contribution in [0, 0.1) is 0 Å². The van der Waals surface area contributed by atoms with Crippen molar-refractivity contribution in [1.82, 2.24) is 10.7 Å². The lowest BCUT2D eigenvalue weighted by Crippen LogP contribution is -2.34. The Bertz CT molecular complexity index is 1240. The molecule has 9 nitrogen and oxygen atoms in total. The van der Waals surface area contributed by atoms with Crippen molar-refractivity contribution in [2.24, 2.45) is 5.10 Å². The molecule has 9 heteroatoms. The van der Waals surface area contributed by atoms with E-state index in [0.717, 1.165) is 19.3 Å². The number of unbranched alkanes of at least 4 members (excludes halogenated alkanes) is 1. The summed E-state index contributed by atoms with van der Waals surface area (Å²) < 4.78 is 16.5. The van der Waals surface area contributed by atoms with Crippen molar-refractivity contribution in [3.05, 3.63) is 89.5 Å². The lowest BCUT2D eigenvalue weighted by atomic mass is 10.2. The summed E-state index contributed by atoms with van der Waals surface area (Å²) in [5.74, 6) is 0.433. The van der Waals surface area contributed by atoms with Gasteiger partial charge in [0.05, 0.1) is 31.5 Å². The Balaban J connectivity index is 1.40. The summed E-state index contributed by atoms with van der Waals surface area (Å²) in [5.41, 5.74) is 3.87. The van der Waals surface area contributed by atoms with Gasteiger partial charge in [0, 0.05) is 5.56 Å². The molecule has 39 heavy (non-hydrogen) atoms. The normalized spacial score (nSPS) is 10.6. The topological polar surface area (TPSA) is 115 Å². The molecule has 0 aliphatic rings. The fourth-order valence-electron chi connectivity index (χ4n) is 3.21. The van der Waals surface area contributed by atoms with Crippen LogP contribution in [-0.2, 0) is 4.79 Å². The molecule has 0 aliphatic carbocycles. The van der Waals surface area contributed by atoms with Crippen molar-refractivity contribution in [1.29, 1.82) is 0 Å². The standard InChI is InChI=1S/C30H33N3O6/c1-3-5-19-38-26-16-10-24(11-17-26)30(36)39-27-12-6-22(7-13-27)20-32-33-28(34)21-31-29(35)23-8-14-25(15-9-23)37-18-4-2/h6-17,20H,3-5,18-19,21H2,1-2H3,(H,31,35)(H,33,34)/b32-20-. The number of hydrogen-bond donors (Lipinski definition) is 2. The monoisotopic (exact) mass is 531 g/mol. The SMILES string of the molecule is CCCCOc1ccc(C(=O)Oc2ccc(/C=N\NC(=O)CNC(=O)c3ccc(OCCC)cc3)cc2)cc1. The zero-order chi connectivity index (χ0) is 27.9. The molecule has 0 heterocycles. The minimum absolute atomic E-state index is 0.231. The fraction of sp³-hybridized carbons (Fsp3) is 0.267. The summed E-state index contributed by atoms with van der Waals surface area (Å²) in [6.45, 7) is 5.12. The molecule has 0 spiro atoms. The summed E-state index contributed by atoms with van der Waals surface area (Å²) in [5, 5.41) is 6.44. The number of nitrogens with one attached hydrogen (secondary N) is 2. The molecule has 3 aromatic rings. The van der Waals surface area contributed by atoms with Gasteiger partial charge in [-0.05, 0) is 91.2 Å². The number of carbonyl (C=O) groups excluding carboxylic acids is 3. The van der Waals surface area contributed by atoms with Crippen LogP contribution < -0.4 is 25.0 Å². The number of hydrazone groups is 1. The van der Waals surface area contributed by atoms with Gasteiger partial charge in [0.25, 0.3) is 11.8 Å². The van der Waals surface area contributed by atoms with E-state index in [1.54, 1.807) is 72.8 Å². The van der Waals surface area contributed by atoms with Crippen molar-refractivity contribution >= 4 is 24.0 Å². The summed E-state index contributed by atoms with van der Waals surface area (Å²) in [6, 6.07) is 20.1. The quantitative estimate of drug-likeness (QED) is 0.102. The van der Waals surface area contributed by atoms with Crippen LogP contribution in [0.1, 0.15) is 59.4 Å². The van der Waals surface area contributed by atoms with Gasteiger partial charge in [0.15, 0.2) is 0 Å². The largest absolute Gasteiger partial charge is 0.494 e. The summed E-state index contributed by atoms with van der Waals surface area (Å²) in [7, 11) is 0. The molecule has 2 amide bonds. The minimum Gasteiger partial charge on any atom is -0.494 e. The lowest BCUT2D eigenvalue weighted by molar-refractivity contribution is -0.120. The highest BCUT2D eigenvalue weighted by Gasteiger charge is 2.10. The van der Waals surface area contributed by atoms with Crippen LogP contribution in [0.2, 0.25) is 0 Å². The molecule has 204 valence electrons. The minimum atomic E-state index is -0.480. The van der Waals surface area contributed by atoms with Gasteiger partial charge in [-0.2, -0.15) is 5.10 Å². The number of benzene rings is 3. The third-order valence-corrected chi connectivity index (χ3v) is 5.35. The zero-order valence-corrected chi connectivity index (χ0v) is 22.1. The van der Waals surface area contributed by atoms with E-state index in [1.165, 1.54) is 6.21 Å². The van der Waals surface area contributed by atoms with Gasteiger partial charge in [0.1, 0.15) is 17.2 Å². The van der Waals surface area contributed by atoms with E-state index >= 15 is 0 Å². The molecule has 0 radical (unpaired) electrons. The van der Waals surface area contributed by atoms with E-state index in [9.17, 15) is 14.4 Å². The summed E-state index contributed by atoms with van der Waals surface area (Å²) >= 11 is 0. The van der Waals surface area contributed by atoms with E-state index in [4.69, 9.17) is 14.2 Å². The number of amides is 2. The number of carbonyl (C=O) groups is 3. The first-order chi connectivity index (χ1) is 19.0. The lowest BCUT2D eigenvalue weighted by Gasteiger charge is -2.07. The summed E-state index contributed by atoms with van der Waals surface area (Å²) in [4.78, 5) is 36.6. The number of ether oxygens (including phenoxy) is 3. The van der Waals surface area contributed by atoms with Gasteiger partial charge < -0.3 is 19.5 Å². The van der Waals surface area contributed by atoms with Crippen LogP contribution >= 0.6 is 0 Å². The Hall–Kier alpha value is -4.66. The Morgan fingerprint density at radius 3 is 1.95 bits per heavy atom. The first kappa shape index (κ1) is 28.9. The second-order valence-electron chi connectivity index (χ2n) is 8.53. The average Bonchev–Trinajstić information content (AvgIpc) is 2.96. The van der Waals surface area contributed by atoms with Crippen LogP contribution in [0.3, 0.4) is 0 Å². The third-order valence-electron chi connectivity index (χ3n) is 5.35. The molecule has 3 aromatic carbocycles. The highest BCUT2D eigenvalue weighted by Crippen LogP contribution is 2.17. The van der Waals surface area contributed by atoms with Gasteiger partial charge in [-0.3, -0.25) is 9.59 Å². The molecular formula is C30H33N3O6. The van der Waals surface area contributed by atoms with Crippen molar-refractivity contribution in [2.75, 3.05) is 19.8 Å². The highest BCUT2D eigenvalue weighted by molar-refractivity contribution is 5.96. The van der Waals surface area contributed by atoms with E-state index in [1.807, 2.05) is 6.92 Å². The maximum absolute atomic E-state index is 12.4. The molecule has 0 saturated carbocycles. The number of esters is 1. The van der Waals surface area contributed by atoms with Gasteiger partial charge in [-0.25, -0.2) is 10.2 Å². The van der Waals surface area contributed by atoms with E-state index in [0.29, 0.717) is 47.2 Å². The van der Waals surface area contributed by atoms with Gasteiger partial charge in [-0.1, -0.05) is 20.3 Å². The average molecular weight is 532 g/mol. The molecule has 0 aliphatic heterocycles. The van der Waals surface area contributed by atoms with E-state index < -0.39 is 11.9 Å². The molecule has 0 bridgehead atoms. The second kappa shape index (κ2) is 15.6. The molecule has 2 N–H and O–H groups in total. The predicted molar refractivity (Wildman–Crippen MR) is 149 cm³/mol. The van der Waals surface area contributed by atoms with Gasteiger partial charge in [-0.15, -0.1) is 0 Å². The van der Waals surface area contributed by atoms with E-state index in [2.05, 4.69) is 22.8 Å². The van der Waals surface area contributed by atoms with Gasteiger partial charge in [0.2, 0.25) is 0 Å². The Kier molecular flexibility index (Phi) is 11.5. The van der Waals surface area contributed by atoms with Crippen molar-refractivity contribution in [3.63, 3.8) is 0 Å². The first-order valence-electron chi connectivity index (χ1n) is 12.9. The molecule has 0 fully saturated rings. The maximum Gasteiger partial charge on any atom is 0.343 e. The Morgan fingerprint density at radius 2 is 1.33 bits per heavy atom. The zero-order valence-electron chi connectivity index (χ0n) is 22.1. The van der Waals surface area contributed by atoms with Crippen LogP contribution in [0.25, 0.3) is 0 Å². The van der Waals surface area contributed by atoms with Crippen molar-refractivity contribution in [3.8, 4) is 17.2 Å². The molecule has 3 rings (SSSR count). The molecule has 0 unspecified atom stereocenters. The van der Waals surface area contributed by atoms with Crippen molar-refractivity contribution in [2.45, 2.75) is 33.1 Å². The predicted octanol–water partition coefficient (Wildman–Crippen LogP) is 4.75. The maximum atomic E-state index is 12.4. The second-order valence-corrected chi connectivity index (χ2v) is 8.53. The molecule has 0 aromatic heterocycles. The Labute approximate surface area is 228 Å². The fourth-order valence-corrected chi connectivity index (χ4v) is 3.21. The smallest absolute Gasteiger partial charge is 0.343 e. The van der Waals surface area contributed by atoms with Crippen LogP contribution in [0.5, 0.6) is 17.2 Å². The van der Waals surface area contributed by atoms with Crippen LogP contribution in [0.4, 0.5) is 0 Å².